The van der Waals surface area contributed by atoms with Crippen molar-refractivity contribution in [1.29, 1.82) is 0 Å². The Bertz CT molecular complexity index is 1270. The minimum absolute atomic E-state index is 0.302. The highest BCUT2D eigenvalue weighted by molar-refractivity contribution is 6.04. The summed E-state index contributed by atoms with van der Waals surface area (Å²) in [5.74, 6) is 2.54. The summed E-state index contributed by atoms with van der Waals surface area (Å²) >= 11 is 0. The van der Waals surface area contributed by atoms with Gasteiger partial charge in [0.05, 0.1) is 34.1 Å². The summed E-state index contributed by atoms with van der Waals surface area (Å²) in [6.45, 7) is 4.06. The average molecular weight is 502 g/mol. The van der Waals surface area contributed by atoms with Crippen LogP contribution >= 0.6 is 0 Å². The number of benzene rings is 3. The molecule has 0 aliphatic heterocycles. The summed E-state index contributed by atoms with van der Waals surface area (Å²) in [6, 6.07) is 16.7. The highest BCUT2D eigenvalue weighted by atomic mass is 16.5. The molecular formula is C30H31NO6. The normalized spacial score (nSPS) is 10.8. The summed E-state index contributed by atoms with van der Waals surface area (Å²) in [4.78, 5) is 12.8. The first-order valence-electron chi connectivity index (χ1n) is 11.5. The topological polar surface area (TPSA) is 75.3 Å². The van der Waals surface area contributed by atoms with E-state index in [1.807, 2.05) is 60.7 Å². The molecule has 0 unspecified atom stereocenters. The Labute approximate surface area is 217 Å². The second kappa shape index (κ2) is 13.4. The largest absolute Gasteiger partial charge is 0.495 e. The maximum Gasteiger partial charge on any atom is 0.248 e. The van der Waals surface area contributed by atoms with Gasteiger partial charge in [-0.25, -0.2) is 0 Å². The van der Waals surface area contributed by atoms with Crippen LogP contribution in [-0.2, 0) is 4.79 Å². The average Bonchev–Trinajstić information content (AvgIpc) is 2.93. The molecule has 0 aliphatic rings. The number of hydrogen-bond donors (Lipinski definition) is 1. The number of amides is 1. The number of methoxy groups -OCH3 is 4. The molecule has 3 rings (SSSR count). The molecule has 3 aromatic carbocycles. The van der Waals surface area contributed by atoms with E-state index in [1.54, 1.807) is 46.7 Å². The van der Waals surface area contributed by atoms with Gasteiger partial charge in [-0.1, -0.05) is 49.1 Å². The first kappa shape index (κ1) is 26.9. The van der Waals surface area contributed by atoms with Gasteiger partial charge in [0.1, 0.15) is 18.1 Å². The van der Waals surface area contributed by atoms with E-state index in [0.29, 0.717) is 41.0 Å². The summed E-state index contributed by atoms with van der Waals surface area (Å²) in [5, 5.41) is 2.93. The van der Waals surface area contributed by atoms with Crippen molar-refractivity contribution in [3.05, 3.63) is 90.0 Å². The molecule has 0 heterocycles. The SMILES string of the molecule is C=CCOc1cccc(/C=C/C(=O)Nc2c(C=Cc3cc(OC)c(OC)c(OC)c3)cccc2OC)c1. The van der Waals surface area contributed by atoms with Gasteiger partial charge >= 0.3 is 0 Å². The van der Waals surface area contributed by atoms with Crippen LogP contribution in [0.2, 0.25) is 0 Å². The summed E-state index contributed by atoms with van der Waals surface area (Å²) < 4.78 is 27.3. The second-order valence-electron chi connectivity index (χ2n) is 7.71. The fraction of sp³-hybridized carbons (Fsp3) is 0.167. The van der Waals surface area contributed by atoms with Gasteiger partial charge in [-0.2, -0.15) is 0 Å². The molecule has 7 nitrogen and oxygen atoms in total. The molecule has 1 amide bonds. The van der Waals surface area contributed by atoms with Crippen LogP contribution in [0.25, 0.3) is 18.2 Å². The van der Waals surface area contributed by atoms with Crippen LogP contribution in [-0.4, -0.2) is 41.0 Å². The third-order valence-electron chi connectivity index (χ3n) is 5.32. The van der Waals surface area contributed by atoms with Crippen LogP contribution in [0, 0.1) is 0 Å². The highest BCUT2D eigenvalue weighted by Crippen LogP contribution is 2.39. The van der Waals surface area contributed by atoms with Crippen molar-refractivity contribution < 1.29 is 28.5 Å². The summed E-state index contributed by atoms with van der Waals surface area (Å²) in [7, 11) is 6.25. The molecule has 37 heavy (non-hydrogen) atoms. The fourth-order valence-corrected chi connectivity index (χ4v) is 3.57. The molecule has 0 radical (unpaired) electrons. The number of rotatable bonds is 12. The van der Waals surface area contributed by atoms with Crippen molar-refractivity contribution in [2.75, 3.05) is 40.4 Å². The van der Waals surface area contributed by atoms with E-state index in [9.17, 15) is 4.79 Å². The molecule has 7 heteroatoms. The van der Waals surface area contributed by atoms with E-state index in [0.717, 1.165) is 16.7 Å². The van der Waals surface area contributed by atoms with Crippen LogP contribution in [0.5, 0.6) is 28.7 Å². The molecule has 0 saturated heterocycles. The van der Waals surface area contributed by atoms with E-state index in [1.165, 1.54) is 6.08 Å². The highest BCUT2D eigenvalue weighted by Gasteiger charge is 2.13. The Morgan fingerprint density at radius 3 is 2.16 bits per heavy atom. The van der Waals surface area contributed by atoms with Crippen LogP contribution < -0.4 is 29.0 Å². The van der Waals surface area contributed by atoms with E-state index in [4.69, 9.17) is 23.7 Å². The minimum Gasteiger partial charge on any atom is -0.495 e. The van der Waals surface area contributed by atoms with E-state index in [-0.39, 0.29) is 5.91 Å². The molecular weight excluding hydrogens is 470 g/mol. The van der Waals surface area contributed by atoms with E-state index < -0.39 is 0 Å². The maximum atomic E-state index is 12.8. The van der Waals surface area contributed by atoms with Crippen molar-refractivity contribution in [3.63, 3.8) is 0 Å². The molecule has 0 fully saturated rings. The van der Waals surface area contributed by atoms with Crippen LogP contribution in [0.1, 0.15) is 16.7 Å². The number of carbonyl (C=O) groups excluding carboxylic acids is 1. The lowest BCUT2D eigenvalue weighted by Crippen LogP contribution is -2.10. The third kappa shape index (κ3) is 7.18. The first-order chi connectivity index (χ1) is 18.0. The lowest BCUT2D eigenvalue weighted by molar-refractivity contribution is -0.111. The number of hydrogen-bond acceptors (Lipinski definition) is 6. The van der Waals surface area contributed by atoms with Crippen molar-refractivity contribution in [1.82, 2.24) is 0 Å². The van der Waals surface area contributed by atoms with Gasteiger partial charge in [0.15, 0.2) is 11.5 Å². The van der Waals surface area contributed by atoms with Crippen molar-refractivity contribution >= 4 is 29.8 Å². The number of anilines is 1. The van der Waals surface area contributed by atoms with Gasteiger partial charge in [-0.15, -0.1) is 0 Å². The van der Waals surface area contributed by atoms with Crippen molar-refractivity contribution in [2.45, 2.75) is 0 Å². The van der Waals surface area contributed by atoms with Crippen molar-refractivity contribution in [2.24, 2.45) is 0 Å². The van der Waals surface area contributed by atoms with Gasteiger partial charge in [0.25, 0.3) is 0 Å². The molecule has 0 atom stereocenters. The molecule has 0 aromatic heterocycles. The van der Waals surface area contributed by atoms with E-state index in [2.05, 4.69) is 11.9 Å². The monoisotopic (exact) mass is 501 g/mol. The fourth-order valence-electron chi connectivity index (χ4n) is 3.57. The zero-order valence-electron chi connectivity index (χ0n) is 21.4. The lowest BCUT2D eigenvalue weighted by Gasteiger charge is -2.13. The van der Waals surface area contributed by atoms with Gasteiger partial charge < -0.3 is 29.0 Å². The predicted octanol–water partition coefficient (Wildman–Crippen LogP) is 6.11. The molecule has 3 aromatic rings. The molecule has 0 bridgehead atoms. The van der Waals surface area contributed by atoms with E-state index >= 15 is 0 Å². The number of nitrogens with one attached hydrogen (secondary N) is 1. The third-order valence-corrected chi connectivity index (χ3v) is 5.32. The zero-order chi connectivity index (χ0) is 26.6. The van der Waals surface area contributed by atoms with Crippen LogP contribution in [0.15, 0.2) is 73.3 Å². The number of ether oxygens (including phenoxy) is 5. The Kier molecular flexibility index (Phi) is 9.79. The molecule has 192 valence electrons. The smallest absolute Gasteiger partial charge is 0.248 e. The van der Waals surface area contributed by atoms with Gasteiger partial charge in [-0.3, -0.25) is 4.79 Å². The summed E-state index contributed by atoms with van der Waals surface area (Å²) in [6.07, 6.45) is 8.63. The molecule has 0 spiro atoms. The van der Waals surface area contributed by atoms with Gasteiger partial charge in [0, 0.05) is 11.6 Å². The van der Waals surface area contributed by atoms with Gasteiger partial charge in [0.2, 0.25) is 11.7 Å². The Hall–Kier alpha value is -4.65. The molecule has 0 aliphatic carbocycles. The lowest BCUT2D eigenvalue weighted by atomic mass is 10.1. The van der Waals surface area contributed by atoms with Crippen LogP contribution in [0.4, 0.5) is 5.69 Å². The second-order valence-corrected chi connectivity index (χ2v) is 7.71. The van der Waals surface area contributed by atoms with Crippen molar-refractivity contribution in [3.8, 4) is 28.7 Å². The quantitative estimate of drug-likeness (QED) is 0.183. The summed E-state index contributed by atoms with van der Waals surface area (Å²) in [5.41, 5.74) is 2.97. The number of para-hydroxylation sites is 1. The molecule has 0 saturated carbocycles. The molecule has 1 N–H and O–H groups in total. The zero-order valence-corrected chi connectivity index (χ0v) is 21.4. The Morgan fingerprint density at radius 2 is 1.51 bits per heavy atom. The van der Waals surface area contributed by atoms with Crippen LogP contribution in [0.3, 0.4) is 0 Å². The number of carbonyl (C=O) groups is 1. The standard InChI is InChI=1S/C30H31NO6/c1-6-17-37-24-11-7-9-21(18-24)14-16-28(32)31-29-23(10-8-12-25(29)33-2)15-13-22-19-26(34-3)30(36-5)27(20-22)35-4/h6-16,18-20H,1,17H2,2-5H3,(H,31,32)/b15-13?,16-14+. The van der Waals surface area contributed by atoms with Gasteiger partial charge in [-0.05, 0) is 47.5 Å². The predicted molar refractivity (Wildman–Crippen MR) is 148 cm³/mol. The maximum absolute atomic E-state index is 12.8. The first-order valence-corrected chi connectivity index (χ1v) is 11.5. The minimum atomic E-state index is -0.302. The Morgan fingerprint density at radius 1 is 0.811 bits per heavy atom. The Balaban J connectivity index is 1.84.